The van der Waals surface area contributed by atoms with Crippen molar-refractivity contribution in [2.45, 2.75) is 13.3 Å². The van der Waals surface area contributed by atoms with Gasteiger partial charge in [0, 0.05) is 11.8 Å². The normalized spacial score (nSPS) is 10.6. The van der Waals surface area contributed by atoms with Gasteiger partial charge in [-0.3, -0.25) is 0 Å². The fourth-order valence-corrected chi connectivity index (χ4v) is 1.30. The van der Waals surface area contributed by atoms with Gasteiger partial charge in [-0.2, -0.15) is 14.6 Å². The Labute approximate surface area is 79.2 Å². The molecule has 72 valence electrons. The molecule has 0 aromatic carbocycles. The molecule has 2 rings (SSSR count). The maximum Gasteiger partial charge on any atom is 0.355 e. The molecule has 0 saturated carbocycles. The van der Waals surface area contributed by atoms with E-state index in [1.807, 2.05) is 6.92 Å². The van der Waals surface area contributed by atoms with Crippen LogP contribution in [0.15, 0.2) is 12.5 Å². The van der Waals surface area contributed by atoms with Crippen LogP contribution in [0, 0.1) is 0 Å². The lowest BCUT2D eigenvalue weighted by Gasteiger charge is -2.03. The van der Waals surface area contributed by atoms with E-state index in [-0.39, 0.29) is 5.69 Å². The summed E-state index contributed by atoms with van der Waals surface area (Å²) in [6.45, 7) is 1.87. The van der Waals surface area contributed by atoms with Crippen LogP contribution < -0.4 is 0 Å². The predicted octanol–water partition coefficient (Wildman–Crippen LogP) is 0.385. The Bertz CT molecular complexity index is 491. The van der Waals surface area contributed by atoms with Gasteiger partial charge in [-0.15, -0.1) is 0 Å². The van der Waals surface area contributed by atoms with Crippen molar-refractivity contribution in [2.24, 2.45) is 0 Å². The number of aromatic carboxylic acids is 1. The lowest BCUT2D eigenvalue weighted by atomic mass is 10.2. The summed E-state index contributed by atoms with van der Waals surface area (Å²) in [6.07, 6.45) is 3.41. The van der Waals surface area contributed by atoms with Crippen molar-refractivity contribution in [2.75, 3.05) is 0 Å². The summed E-state index contributed by atoms with van der Waals surface area (Å²) in [4.78, 5) is 18.8. The molecule has 14 heavy (non-hydrogen) atoms. The number of carbonyl (C=O) groups is 1. The molecule has 2 aromatic heterocycles. The molecule has 2 heterocycles. The van der Waals surface area contributed by atoms with Gasteiger partial charge in [0.1, 0.15) is 6.33 Å². The van der Waals surface area contributed by atoms with E-state index in [0.717, 1.165) is 0 Å². The number of aromatic nitrogens is 4. The Morgan fingerprint density at radius 2 is 2.36 bits per heavy atom. The predicted molar refractivity (Wildman–Crippen MR) is 47.1 cm³/mol. The van der Waals surface area contributed by atoms with E-state index in [4.69, 9.17) is 5.11 Å². The highest BCUT2D eigenvalue weighted by Gasteiger charge is 2.15. The first-order valence-electron chi connectivity index (χ1n) is 4.15. The van der Waals surface area contributed by atoms with Gasteiger partial charge < -0.3 is 5.11 Å². The molecule has 0 amide bonds. The first kappa shape index (κ1) is 8.61. The summed E-state index contributed by atoms with van der Waals surface area (Å²) in [7, 11) is 0. The number of aryl methyl sites for hydroxylation is 1. The van der Waals surface area contributed by atoms with Crippen molar-refractivity contribution in [3.05, 3.63) is 23.8 Å². The third kappa shape index (κ3) is 1.12. The van der Waals surface area contributed by atoms with Crippen LogP contribution in [0.4, 0.5) is 0 Å². The van der Waals surface area contributed by atoms with Gasteiger partial charge in [-0.05, 0) is 6.42 Å². The third-order valence-corrected chi connectivity index (χ3v) is 1.97. The van der Waals surface area contributed by atoms with Crippen LogP contribution in [0.25, 0.3) is 5.78 Å². The summed E-state index contributed by atoms with van der Waals surface area (Å²) in [6, 6.07) is 0. The van der Waals surface area contributed by atoms with Crippen molar-refractivity contribution in [1.82, 2.24) is 19.6 Å². The molecule has 0 aliphatic rings. The van der Waals surface area contributed by atoms with E-state index < -0.39 is 5.97 Å². The molecule has 0 unspecified atom stereocenters. The lowest BCUT2D eigenvalue weighted by molar-refractivity contribution is 0.0686. The lowest BCUT2D eigenvalue weighted by Crippen LogP contribution is -2.11. The highest BCUT2D eigenvalue weighted by molar-refractivity contribution is 5.87. The van der Waals surface area contributed by atoms with Gasteiger partial charge in [0.15, 0.2) is 5.69 Å². The number of carboxylic acid groups (broad SMARTS) is 1. The van der Waals surface area contributed by atoms with Crippen LogP contribution in [0.5, 0.6) is 0 Å². The van der Waals surface area contributed by atoms with Crippen LogP contribution in [-0.4, -0.2) is 30.7 Å². The summed E-state index contributed by atoms with van der Waals surface area (Å²) < 4.78 is 1.24. The van der Waals surface area contributed by atoms with Gasteiger partial charge in [0.05, 0.1) is 0 Å². The Balaban J connectivity index is 2.82. The monoisotopic (exact) mass is 192 g/mol. The zero-order valence-electron chi connectivity index (χ0n) is 7.51. The molecule has 1 N–H and O–H groups in total. The molecule has 0 saturated heterocycles. The van der Waals surface area contributed by atoms with E-state index in [9.17, 15) is 4.79 Å². The number of nitrogens with zero attached hydrogens (tertiary/aromatic N) is 4. The van der Waals surface area contributed by atoms with Crippen LogP contribution in [0.1, 0.15) is 23.0 Å². The molecular formula is C8H8N4O2. The Morgan fingerprint density at radius 3 is 3.00 bits per heavy atom. The molecule has 0 aliphatic carbocycles. The van der Waals surface area contributed by atoms with Gasteiger partial charge in [-0.25, -0.2) is 9.78 Å². The van der Waals surface area contributed by atoms with Crippen molar-refractivity contribution in [1.29, 1.82) is 0 Å². The molecule has 2 aromatic rings. The number of rotatable bonds is 2. The highest BCUT2D eigenvalue weighted by Crippen LogP contribution is 2.09. The number of hydrogen-bond donors (Lipinski definition) is 1. The second kappa shape index (κ2) is 3.06. The topological polar surface area (TPSA) is 80.4 Å². The van der Waals surface area contributed by atoms with Crippen LogP contribution in [0.3, 0.4) is 0 Å². The van der Waals surface area contributed by atoms with Crippen molar-refractivity contribution in [3.63, 3.8) is 0 Å². The smallest absolute Gasteiger partial charge is 0.355 e. The molecule has 0 radical (unpaired) electrons. The highest BCUT2D eigenvalue weighted by atomic mass is 16.4. The van der Waals surface area contributed by atoms with Gasteiger partial charge in [0.25, 0.3) is 5.78 Å². The summed E-state index contributed by atoms with van der Waals surface area (Å²) in [5, 5.41) is 12.8. The van der Waals surface area contributed by atoms with Gasteiger partial charge in [0.2, 0.25) is 0 Å². The second-order valence-electron chi connectivity index (χ2n) is 2.76. The Kier molecular flexibility index (Phi) is 1.88. The number of hydrogen-bond acceptors (Lipinski definition) is 4. The molecule has 0 atom stereocenters. The zero-order chi connectivity index (χ0) is 10.1. The minimum atomic E-state index is -1.01. The summed E-state index contributed by atoms with van der Waals surface area (Å²) in [5.74, 6) is -0.709. The Hall–Kier alpha value is -1.98. The van der Waals surface area contributed by atoms with E-state index in [1.54, 1.807) is 0 Å². The molecule has 0 bridgehead atoms. The minimum Gasteiger partial charge on any atom is -0.476 e. The first-order valence-corrected chi connectivity index (χ1v) is 4.15. The molecule has 0 spiro atoms. The minimum absolute atomic E-state index is 0.134. The average Bonchev–Trinajstić information content (AvgIpc) is 2.62. The maximum atomic E-state index is 11.0. The van der Waals surface area contributed by atoms with Crippen molar-refractivity contribution >= 4 is 11.7 Å². The molecule has 6 heteroatoms. The zero-order valence-corrected chi connectivity index (χ0v) is 7.51. The first-order chi connectivity index (χ1) is 6.74. The van der Waals surface area contributed by atoms with E-state index in [2.05, 4.69) is 15.1 Å². The molecule has 6 nitrogen and oxygen atoms in total. The van der Waals surface area contributed by atoms with Gasteiger partial charge in [-0.1, -0.05) is 6.92 Å². The molecule has 0 fully saturated rings. The Morgan fingerprint density at radius 1 is 1.57 bits per heavy atom. The average molecular weight is 192 g/mol. The van der Waals surface area contributed by atoms with E-state index in [1.165, 1.54) is 17.0 Å². The van der Waals surface area contributed by atoms with Gasteiger partial charge >= 0.3 is 5.97 Å². The van der Waals surface area contributed by atoms with Crippen LogP contribution >= 0.6 is 0 Å². The third-order valence-electron chi connectivity index (χ3n) is 1.97. The maximum absolute atomic E-state index is 11.0. The SMILES string of the molecule is CCc1cnc2ncnn2c1C(=O)O. The van der Waals surface area contributed by atoms with Crippen molar-refractivity contribution < 1.29 is 9.90 Å². The molecular weight excluding hydrogens is 184 g/mol. The largest absolute Gasteiger partial charge is 0.476 e. The van der Waals surface area contributed by atoms with Crippen LogP contribution in [0.2, 0.25) is 0 Å². The summed E-state index contributed by atoms with van der Waals surface area (Å²) in [5.41, 5.74) is 0.783. The summed E-state index contributed by atoms with van der Waals surface area (Å²) >= 11 is 0. The quantitative estimate of drug-likeness (QED) is 0.744. The fourth-order valence-electron chi connectivity index (χ4n) is 1.30. The number of fused-ring (bicyclic) bond motifs is 1. The van der Waals surface area contributed by atoms with Crippen molar-refractivity contribution in [3.8, 4) is 0 Å². The standard InChI is InChI=1S/C8H8N4O2/c1-2-5-3-9-8-10-4-11-12(8)6(5)7(13)14/h3-4H,2H2,1H3,(H,13,14). The van der Waals surface area contributed by atoms with E-state index >= 15 is 0 Å². The molecule has 0 aliphatic heterocycles. The van der Waals surface area contributed by atoms with Crippen LogP contribution in [-0.2, 0) is 6.42 Å². The second-order valence-corrected chi connectivity index (χ2v) is 2.76. The van der Waals surface area contributed by atoms with E-state index in [0.29, 0.717) is 17.8 Å². The number of carboxylic acids is 1. The fraction of sp³-hybridized carbons (Fsp3) is 0.250.